The Bertz CT molecular complexity index is 1500. The van der Waals surface area contributed by atoms with Gasteiger partial charge in [0.15, 0.2) is 11.4 Å². The van der Waals surface area contributed by atoms with Crippen molar-refractivity contribution in [1.82, 2.24) is 29.7 Å². The number of Topliss-reactive ketones (excluding diaryl/α,β-unsaturated/α-hetero) is 1. The number of carbonyl (C=O) groups is 1. The molecule has 0 spiro atoms. The molecular formula is C25H23F2N7O2. The minimum absolute atomic E-state index is 0.0935. The van der Waals surface area contributed by atoms with Crippen molar-refractivity contribution in [2.75, 3.05) is 24.6 Å². The lowest BCUT2D eigenvalue weighted by atomic mass is 10.1. The summed E-state index contributed by atoms with van der Waals surface area (Å²) in [6.45, 7) is 4.53. The zero-order valence-electron chi connectivity index (χ0n) is 19.8. The molecule has 0 amide bonds. The van der Waals surface area contributed by atoms with Crippen LogP contribution in [0, 0.1) is 25.5 Å². The number of halogens is 2. The number of aryl methyl sites for hydroxylation is 2. The van der Waals surface area contributed by atoms with Crippen LogP contribution < -0.4 is 4.90 Å². The van der Waals surface area contributed by atoms with Crippen LogP contribution in [0.4, 0.5) is 14.7 Å². The molecule has 1 saturated heterocycles. The lowest BCUT2D eigenvalue weighted by Gasteiger charge is -2.32. The number of anilines is 1. The van der Waals surface area contributed by atoms with Crippen molar-refractivity contribution in [3.63, 3.8) is 0 Å². The summed E-state index contributed by atoms with van der Waals surface area (Å²) in [5, 5.41) is 4.30. The normalized spacial score (nSPS) is 18.1. The molecule has 0 N–H and O–H groups in total. The van der Waals surface area contributed by atoms with Gasteiger partial charge in [0.05, 0.1) is 42.3 Å². The van der Waals surface area contributed by atoms with Gasteiger partial charge in [-0.1, -0.05) is 0 Å². The quantitative estimate of drug-likeness (QED) is 0.391. The Morgan fingerprint density at radius 1 is 1.08 bits per heavy atom. The second kappa shape index (κ2) is 8.66. The van der Waals surface area contributed by atoms with E-state index in [1.807, 2.05) is 16.5 Å². The molecule has 6 rings (SSSR count). The maximum Gasteiger partial charge on any atom is 0.228 e. The van der Waals surface area contributed by atoms with Gasteiger partial charge in [0.1, 0.15) is 28.9 Å². The fraction of sp³-hybridized carbons (Fsp3) is 0.360. The predicted octanol–water partition coefficient (Wildman–Crippen LogP) is 3.60. The van der Waals surface area contributed by atoms with Crippen LogP contribution in [0.1, 0.15) is 40.6 Å². The highest BCUT2D eigenvalue weighted by Crippen LogP contribution is 2.34. The fourth-order valence-corrected chi connectivity index (χ4v) is 4.29. The first-order valence-corrected chi connectivity index (χ1v) is 11.8. The van der Waals surface area contributed by atoms with E-state index in [2.05, 4.69) is 25.0 Å². The van der Waals surface area contributed by atoms with Crippen molar-refractivity contribution < 1.29 is 18.3 Å². The maximum atomic E-state index is 14.8. The van der Waals surface area contributed by atoms with Crippen LogP contribution in [-0.2, 0) is 4.74 Å². The second-order valence-electron chi connectivity index (χ2n) is 9.17. The van der Waals surface area contributed by atoms with Gasteiger partial charge in [-0.05, 0) is 38.8 Å². The van der Waals surface area contributed by atoms with Gasteiger partial charge in [-0.3, -0.25) is 9.48 Å². The van der Waals surface area contributed by atoms with Gasteiger partial charge >= 0.3 is 0 Å². The first-order valence-electron chi connectivity index (χ1n) is 11.8. The van der Waals surface area contributed by atoms with Crippen molar-refractivity contribution in [2.24, 2.45) is 0 Å². The Morgan fingerprint density at radius 3 is 2.67 bits per heavy atom. The number of hydrogen-bond donors (Lipinski definition) is 0. The summed E-state index contributed by atoms with van der Waals surface area (Å²) in [4.78, 5) is 33.3. The Balaban J connectivity index is 1.37. The average molecular weight is 492 g/mol. The van der Waals surface area contributed by atoms with Gasteiger partial charge in [0.2, 0.25) is 5.95 Å². The van der Waals surface area contributed by atoms with Gasteiger partial charge in [0, 0.05) is 24.4 Å². The number of aromatic nitrogens is 6. The molecule has 2 fully saturated rings. The number of fused-ring (bicyclic) bond motifs is 1. The number of hydrogen-bond acceptors (Lipinski definition) is 8. The smallest absolute Gasteiger partial charge is 0.228 e. The molecule has 1 atom stereocenters. The topological polar surface area (TPSA) is 98.9 Å². The lowest BCUT2D eigenvalue weighted by molar-refractivity contribution is 0.0338. The molecular weight excluding hydrogens is 468 g/mol. The SMILES string of the molecule is Cc1nc2nc(N3CCO[C@@H](C(=O)c4cnn(C5CC5)c4)C3)nc(-c3ccc(F)cc3F)c2nc1C. The van der Waals surface area contributed by atoms with Crippen molar-refractivity contribution in [1.29, 1.82) is 0 Å². The van der Waals surface area contributed by atoms with Crippen LogP contribution in [0.2, 0.25) is 0 Å². The molecule has 1 aromatic carbocycles. The predicted molar refractivity (Wildman–Crippen MR) is 127 cm³/mol. The Kier molecular flexibility index (Phi) is 5.44. The lowest BCUT2D eigenvalue weighted by Crippen LogP contribution is -2.46. The molecule has 1 saturated carbocycles. The molecule has 9 nitrogen and oxygen atoms in total. The van der Waals surface area contributed by atoms with Crippen molar-refractivity contribution in [2.45, 2.75) is 38.8 Å². The number of ether oxygens (including phenoxy) is 1. The van der Waals surface area contributed by atoms with Crippen LogP contribution in [0.15, 0.2) is 30.6 Å². The number of morpholine rings is 1. The van der Waals surface area contributed by atoms with Crippen molar-refractivity contribution in [3.05, 3.63) is 59.2 Å². The number of rotatable bonds is 5. The third kappa shape index (κ3) is 4.09. The third-order valence-corrected chi connectivity index (χ3v) is 6.57. The maximum absolute atomic E-state index is 14.8. The molecule has 11 heteroatoms. The average Bonchev–Trinajstić information content (AvgIpc) is 3.60. The zero-order chi connectivity index (χ0) is 25.0. The molecule has 2 aliphatic rings. The van der Waals surface area contributed by atoms with Crippen LogP contribution in [-0.4, -0.2) is 61.3 Å². The molecule has 0 bridgehead atoms. The summed E-state index contributed by atoms with van der Waals surface area (Å²) in [6, 6.07) is 3.68. The van der Waals surface area contributed by atoms with Gasteiger partial charge in [0.25, 0.3) is 0 Å². The Hall–Kier alpha value is -3.86. The largest absolute Gasteiger partial charge is 0.366 e. The number of carbonyl (C=O) groups excluding carboxylic acids is 1. The monoisotopic (exact) mass is 491 g/mol. The minimum Gasteiger partial charge on any atom is -0.366 e. The number of benzene rings is 1. The summed E-state index contributed by atoms with van der Waals surface area (Å²) >= 11 is 0. The molecule has 1 aliphatic heterocycles. The number of ketones is 1. The second-order valence-corrected chi connectivity index (χ2v) is 9.17. The van der Waals surface area contributed by atoms with Gasteiger partial charge < -0.3 is 9.64 Å². The summed E-state index contributed by atoms with van der Waals surface area (Å²) in [5.74, 6) is -1.34. The van der Waals surface area contributed by atoms with E-state index in [0.717, 1.165) is 18.9 Å². The van der Waals surface area contributed by atoms with Crippen LogP contribution in [0.3, 0.4) is 0 Å². The number of nitrogens with zero attached hydrogens (tertiary/aromatic N) is 7. The Morgan fingerprint density at radius 2 is 1.89 bits per heavy atom. The fourth-order valence-electron chi connectivity index (χ4n) is 4.29. The van der Waals surface area contributed by atoms with Gasteiger partial charge in [-0.25, -0.2) is 23.7 Å². The standard InChI is InChI=1S/C25H23F2N7O2/c1-13-14(2)30-24-22(29-13)21(18-6-3-16(26)9-19(18)27)31-25(32-24)33-7-8-36-20(12-33)23(35)15-10-28-34(11-15)17-4-5-17/h3,6,9-11,17,20H,4-5,7-8,12H2,1-2H3/t20-/m1/s1. The molecule has 0 radical (unpaired) electrons. The summed E-state index contributed by atoms with van der Waals surface area (Å²) in [6.07, 6.45) is 4.76. The summed E-state index contributed by atoms with van der Waals surface area (Å²) in [7, 11) is 0. The van der Waals surface area contributed by atoms with E-state index in [0.29, 0.717) is 40.7 Å². The molecule has 1 aliphatic carbocycles. The van der Waals surface area contributed by atoms with E-state index in [1.54, 1.807) is 19.3 Å². The first kappa shape index (κ1) is 22.6. The van der Waals surface area contributed by atoms with Crippen LogP contribution >= 0.6 is 0 Å². The van der Waals surface area contributed by atoms with Gasteiger partial charge in [-0.15, -0.1) is 0 Å². The van der Waals surface area contributed by atoms with E-state index in [1.165, 1.54) is 12.1 Å². The highest BCUT2D eigenvalue weighted by Gasteiger charge is 2.32. The molecule has 184 valence electrons. The minimum atomic E-state index is -0.760. The third-order valence-electron chi connectivity index (χ3n) is 6.57. The Labute approximate surface area is 205 Å². The first-order chi connectivity index (χ1) is 17.4. The van der Waals surface area contributed by atoms with Crippen molar-refractivity contribution >= 4 is 22.9 Å². The van der Waals surface area contributed by atoms with Gasteiger partial charge in [-0.2, -0.15) is 10.1 Å². The highest BCUT2D eigenvalue weighted by atomic mass is 19.1. The molecule has 0 unspecified atom stereocenters. The summed E-state index contributed by atoms with van der Waals surface area (Å²) < 4.78 is 36.0. The van der Waals surface area contributed by atoms with Crippen LogP contribution in [0.5, 0.6) is 0 Å². The van der Waals surface area contributed by atoms with E-state index in [-0.39, 0.29) is 36.1 Å². The summed E-state index contributed by atoms with van der Waals surface area (Å²) in [5.41, 5.74) is 2.76. The molecule has 36 heavy (non-hydrogen) atoms. The van der Waals surface area contributed by atoms with Crippen LogP contribution in [0.25, 0.3) is 22.4 Å². The molecule has 3 aromatic heterocycles. The highest BCUT2D eigenvalue weighted by molar-refractivity contribution is 5.99. The molecule has 4 heterocycles. The zero-order valence-corrected chi connectivity index (χ0v) is 19.8. The van der Waals surface area contributed by atoms with Crippen molar-refractivity contribution in [3.8, 4) is 11.3 Å². The van der Waals surface area contributed by atoms with E-state index >= 15 is 0 Å². The van der Waals surface area contributed by atoms with E-state index in [9.17, 15) is 13.6 Å². The van der Waals surface area contributed by atoms with E-state index < -0.39 is 17.7 Å². The molecule has 4 aromatic rings. The van der Waals surface area contributed by atoms with E-state index in [4.69, 9.17) is 4.74 Å².